The van der Waals surface area contributed by atoms with E-state index in [1.807, 2.05) is 12.1 Å². The van der Waals surface area contributed by atoms with Gasteiger partial charge >= 0.3 is 0 Å². The van der Waals surface area contributed by atoms with Gasteiger partial charge in [-0.25, -0.2) is 4.39 Å². The van der Waals surface area contributed by atoms with Crippen molar-refractivity contribution in [2.24, 2.45) is 0 Å². The molecule has 0 saturated carbocycles. The minimum absolute atomic E-state index is 0.139. The van der Waals surface area contributed by atoms with Gasteiger partial charge in [0, 0.05) is 0 Å². The molecular weight excluding hydrogens is 359 g/mol. The van der Waals surface area contributed by atoms with E-state index < -0.39 is 8.80 Å². The van der Waals surface area contributed by atoms with Gasteiger partial charge in [0.2, 0.25) is 0 Å². The zero-order valence-corrected chi connectivity index (χ0v) is 19.0. The summed E-state index contributed by atoms with van der Waals surface area (Å²) in [6.45, 7) is 13.4. The van der Waals surface area contributed by atoms with Gasteiger partial charge in [-0.1, -0.05) is 118 Å². The summed E-state index contributed by atoms with van der Waals surface area (Å²) in [5.74, 6) is -0.178. The normalized spacial score (nSPS) is 12.4. The third-order valence-corrected chi connectivity index (χ3v) is 8.58. The largest absolute Gasteiger partial charge is 0.207 e. The molecule has 0 spiro atoms. The van der Waals surface area contributed by atoms with Crippen LogP contribution in [0.5, 0.6) is 0 Å². The monoisotopic (exact) mass is 390 g/mol. The zero-order chi connectivity index (χ0) is 20.5. The lowest BCUT2D eigenvalue weighted by molar-refractivity contribution is 0.590. The molecule has 0 aromatic heterocycles. The van der Waals surface area contributed by atoms with Crippen molar-refractivity contribution in [1.29, 1.82) is 0 Å². The molecule has 146 valence electrons. The van der Waals surface area contributed by atoms with Crippen LogP contribution in [0.1, 0.15) is 52.7 Å². The minimum atomic E-state index is -1.65. The molecule has 0 bridgehead atoms. The molecule has 0 nitrogen and oxygen atoms in total. The number of benzene rings is 3. The van der Waals surface area contributed by atoms with E-state index in [1.165, 1.54) is 26.7 Å². The Hall–Kier alpha value is -2.19. The Bertz CT molecular complexity index is 851. The minimum Gasteiger partial charge on any atom is -0.207 e. The van der Waals surface area contributed by atoms with E-state index >= 15 is 0 Å². The molecule has 0 fully saturated rings. The van der Waals surface area contributed by atoms with Crippen molar-refractivity contribution in [3.8, 4) is 0 Å². The molecule has 0 unspecified atom stereocenters. The summed E-state index contributed by atoms with van der Waals surface area (Å²) in [7, 11) is -1.65. The van der Waals surface area contributed by atoms with Crippen molar-refractivity contribution in [3.63, 3.8) is 0 Å². The van der Waals surface area contributed by atoms with Gasteiger partial charge in [0.25, 0.3) is 0 Å². The molecule has 0 N–H and O–H groups in total. The van der Waals surface area contributed by atoms with E-state index in [0.29, 0.717) is 0 Å². The average Bonchev–Trinajstić information content (AvgIpc) is 2.63. The number of halogens is 1. The second-order valence-corrected chi connectivity index (χ2v) is 12.6. The molecule has 0 saturated heterocycles. The highest BCUT2D eigenvalue weighted by molar-refractivity contribution is 6.95. The second kappa shape index (κ2) is 7.67. The highest BCUT2D eigenvalue weighted by atomic mass is 28.3. The Balaban J connectivity index is 2.06. The number of rotatable bonds is 3. The fraction of sp³-hybridized carbons (Fsp3) is 0.308. The lowest BCUT2D eigenvalue weighted by Crippen LogP contribution is -2.52. The summed E-state index contributed by atoms with van der Waals surface area (Å²) in [5.41, 5.74) is 2.96. The highest BCUT2D eigenvalue weighted by Gasteiger charge is 2.22. The molecule has 3 rings (SSSR count). The molecular formula is C26H31FSi. The van der Waals surface area contributed by atoms with Gasteiger partial charge in [-0.15, -0.1) is 0 Å². The molecule has 0 aliphatic rings. The van der Waals surface area contributed by atoms with E-state index in [9.17, 15) is 4.39 Å². The van der Waals surface area contributed by atoms with E-state index in [2.05, 4.69) is 90.1 Å². The van der Waals surface area contributed by atoms with Crippen LogP contribution in [0, 0.1) is 5.82 Å². The van der Waals surface area contributed by atoms with Crippen LogP contribution in [0.4, 0.5) is 4.39 Å². The summed E-state index contributed by atoms with van der Waals surface area (Å²) < 4.78 is 13.5. The summed E-state index contributed by atoms with van der Waals surface area (Å²) >= 11 is 0. The van der Waals surface area contributed by atoms with Crippen LogP contribution in [-0.2, 0) is 10.8 Å². The second-order valence-electron chi connectivity index (χ2n) is 9.73. The van der Waals surface area contributed by atoms with Crippen molar-refractivity contribution in [2.45, 2.75) is 52.4 Å². The van der Waals surface area contributed by atoms with Gasteiger partial charge in [-0.3, -0.25) is 0 Å². The summed E-state index contributed by atoms with van der Waals surface area (Å²) in [6.07, 6.45) is 0. The van der Waals surface area contributed by atoms with Gasteiger partial charge in [-0.2, -0.15) is 0 Å². The predicted molar refractivity (Wildman–Crippen MR) is 123 cm³/mol. The Labute approximate surface area is 171 Å². The number of hydrogen-bond acceptors (Lipinski definition) is 0. The zero-order valence-electron chi connectivity index (χ0n) is 17.9. The third kappa shape index (κ3) is 4.61. The smallest absolute Gasteiger partial charge is 0.132 e. The molecule has 0 amide bonds. The maximum absolute atomic E-state index is 13.5. The van der Waals surface area contributed by atoms with Crippen molar-refractivity contribution in [1.82, 2.24) is 0 Å². The van der Waals surface area contributed by atoms with Gasteiger partial charge < -0.3 is 0 Å². The van der Waals surface area contributed by atoms with Gasteiger partial charge in [-0.05, 0) is 34.1 Å². The van der Waals surface area contributed by atoms with Crippen LogP contribution >= 0.6 is 0 Å². The first-order valence-corrected chi connectivity index (χ1v) is 11.8. The highest BCUT2D eigenvalue weighted by Crippen LogP contribution is 2.22. The lowest BCUT2D eigenvalue weighted by Gasteiger charge is -2.23. The van der Waals surface area contributed by atoms with Crippen molar-refractivity contribution >= 4 is 24.4 Å². The predicted octanol–water partition coefficient (Wildman–Crippen LogP) is 4.67. The maximum atomic E-state index is 13.5. The van der Waals surface area contributed by atoms with Crippen molar-refractivity contribution in [2.75, 3.05) is 0 Å². The third-order valence-electron chi connectivity index (χ3n) is 5.42. The molecule has 0 aliphatic heterocycles. The molecule has 3 aromatic carbocycles. The van der Waals surface area contributed by atoms with Crippen molar-refractivity contribution < 1.29 is 4.39 Å². The maximum Gasteiger partial charge on any atom is 0.132 e. The van der Waals surface area contributed by atoms with Crippen LogP contribution in [0.25, 0.3) is 0 Å². The quantitative estimate of drug-likeness (QED) is 0.450. The lowest BCUT2D eigenvalue weighted by atomic mass is 9.87. The number of hydrogen-bond donors (Lipinski definition) is 0. The van der Waals surface area contributed by atoms with Crippen LogP contribution in [-0.4, -0.2) is 8.80 Å². The van der Waals surface area contributed by atoms with E-state index in [-0.39, 0.29) is 16.6 Å². The molecule has 0 radical (unpaired) electrons. The topological polar surface area (TPSA) is 0 Å². The summed E-state index contributed by atoms with van der Waals surface area (Å²) in [5, 5.41) is 3.97. The molecule has 0 atom stereocenters. The Morgan fingerprint density at radius 3 is 1.07 bits per heavy atom. The summed E-state index contributed by atoms with van der Waals surface area (Å²) in [6, 6.07) is 25.2. The van der Waals surface area contributed by atoms with Gasteiger partial charge in [0.05, 0.1) is 0 Å². The molecule has 3 aromatic rings. The van der Waals surface area contributed by atoms with Crippen molar-refractivity contribution in [3.05, 3.63) is 89.7 Å². The SMILES string of the molecule is CC(C)(C)c1ccc([SiH](c2ccc(F)cc2)c2ccc(C(C)(C)C)cc2)cc1. The first-order chi connectivity index (χ1) is 13.1. The molecule has 28 heavy (non-hydrogen) atoms. The first-order valence-electron chi connectivity index (χ1n) is 10.0. The Morgan fingerprint density at radius 1 is 0.500 bits per heavy atom. The molecule has 0 heterocycles. The molecule has 0 aliphatic carbocycles. The fourth-order valence-electron chi connectivity index (χ4n) is 3.58. The van der Waals surface area contributed by atoms with Crippen LogP contribution < -0.4 is 15.6 Å². The summed E-state index contributed by atoms with van der Waals surface area (Å²) in [4.78, 5) is 0. The van der Waals surface area contributed by atoms with E-state index in [4.69, 9.17) is 0 Å². The fourth-order valence-corrected chi connectivity index (χ4v) is 6.47. The van der Waals surface area contributed by atoms with Crippen LogP contribution in [0.2, 0.25) is 0 Å². The average molecular weight is 391 g/mol. The Morgan fingerprint density at radius 2 is 0.786 bits per heavy atom. The van der Waals surface area contributed by atoms with E-state index in [1.54, 1.807) is 12.1 Å². The Kier molecular flexibility index (Phi) is 5.63. The first kappa shape index (κ1) is 20.5. The van der Waals surface area contributed by atoms with Gasteiger partial charge in [0.1, 0.15) is 14.6 Å². The van der Waals surface area contributed by atoms with E-state index in [0.717, 1.165) is 0 Å². The van der Waals surface area contributed by atoms with Crippen LogP contribution in [0.15, 0.2) is 72.8 Å². The van der Waals surface area contributed by atoms with Crippen LogP contribution in [0.3, 0.4) is 0 Å². The van der Waals surface area contributed by atoms with Gasteiger partial charge in [0.15, 0.2) is 0 Å². The standard InChI is InChI=1S/C26H31FSi/c1-25(2,3)19-7-13-22(14-8-19)28(24-17-11-21(27)12-18-24)23-15-9-20(10-16-23)26(4,5)6/h7-18,28H,1-6H3. The molecule has 2 heteroatoms.